The number of carbonyl (C=O) groups excluding carboxylic acids is 1. The van der Waals surface area contributed by atoms with E-state index in [1.807, 2.05) is 6.08 Å². The lowest BCUT2D eigenvalue weighted by Crippen LogP contribution is -2.65. The Kier molecular flexibility index (Phi) is 45.9. The molecule has 2 heterocycles. The Balaban J connectivity index is 1.76. The van der Waals surface area contributed by atoms with Crippen LogP contribution in [0.25, 0.3) is 0 Å². The predicted octanol–water partition coefficient (Wildman–Crippen LogP) is 11.1. The fourth-order valence-electron chi connectivity index (χ4n) is 8.76. The lowest BCUT2D eigenvalue weighted by atomic mass is 9.97. The van der Waals surface area contributed by atoms with Gasteiger partial charge in [0.25, 0.3) is 0 Å². The zero-order chi connectivity index (χ0) is 59.5. The molecule has 2 saturated heterocycles. The van der Waals surface area contributed by atoms with Crippen molar-refractivity contribution in [3.05, 3.63) is 158 Å². The molecule has 0 spiro atoms. The van der Waals surface area contributed by atoms with Gasteiger partial charge in [-0.25, -0.2) is 0 Å². The smallest absolute Gasteiger partial charge is 0.220 e. The van der Waals surface area contributed by atoms with Gasteiger partial charge in [0.1, 0.15) is 48.8 Å². The third-order valence-electron chi connectivity index (χ3n) is 13.7. The summed E-state index contributed by atoms with van der Waals surface area (Å²) in [7, 11) is 0. The molecule has 0 aliphatic carbocycles. The van der Waals surface area contributed by atoms with Gasteiger partial charge in [-0.3, -0.25) is 4.79 Å². The number of allylic oxidation sites excluding steroid dienone is 25. The van der Waals surface area contributed by atoms with Crippen molar-refractivity contribution in [2.24, 2.45) is 0 Å². The van der Waals surface area contributed by atoms with E-state index in [9.17, 15) is 45.6 Å². The van der Waals surface area contributed by atoms with Gasteiger partial charge in [0.15, 0.2) is 12.6 Å². The third-order valence-corrected chi connectivity index (χ3v) is 13.7. The van der Waals surface area contributed by atoms with E-state index < -0.39 is 86.8 Å². The number of aliphatic hydroxyl groups is 8. The summed E-state index contributed by atoms with van der Waals surface area (Å²) in [6.45, 7) is 2.58. The normalized spacial score (nSPS) is 25.1. The maximum absolute atomic E-state index is 13.2. The molecular formula is C68H107NO13. The number of amides is 1. The van der Waals surface area contributed by atoms with Crippen molar-refractivity contribution in [3.8, 4) is 0 Å². The first-order chi connectivity index (χ1) is 40.1. The standard InChI is InChI=1S/C68H107NO13/c1-3-5-7-9-11-13-15-17-19-20-21-22-23-24-25-26-27-28-29-30-31-32-33-34-35-36-38-40-42-44-46-48-50-52-60(73)69-56(57(72)51-49-47-45-43-41-39-37-18-16-14-12-10-8-6-4-2)55-79-67-65(78)63(76)66(59(54-71)81-67)82-68-64(77)62(75)61(74)58(53-70)80-68/h5,7,11,13,16-19,21-22,24-25,27-28,30-31,33-34,36,38,41-44,49,51,56-59,61-68,70-72,74-78H,3-4,6,8-10,12,14-15,20,23,26,29,32,35,37,39-40,45-48,50,52-55H2,1-2H3,(H,69,73)/b7-5-,13-11-,18-16+,19-17-,22-21-,25-24-,28-27-,31-30-,34-33-,38-36-,43-41+,44-42-,51-49+. The number of rotatable bonds is 46. The van der Waals surface area contributed by atoms with Crippen molar-refractivity contribution in [1.29, 1.82) is 0 Å². The van der Waals surface area contributed by atoms with Crippen molar-refractivity contribution < 1.29 is 64.6 Å². The highest BCUT2D eigenvalue weighted by atomic mass is 16.7. The summed E-state index contributed by atoms with van der Waals surface area (Å²) in [6.07, 6.45) is 61.4. The van der Waals surface area contributed by atoms with Gasteiger partial charge in [0.2, 0.25) is 5.91 Å². The van der Waals surface area contributed by atoms with Crippen LogP contribution in [0.4, 0.5) is 0 Å². The molecule has 2 aliphatic rings. The van der Waals surface area contributed by atoms with Crippen LogP contribution in [0, 0.1) is 0 Å². The minimum absolute atomic E-state index is 0.203. The summed E-state index contributed by atoms with van der Waals surface area (Å²) in [4.78, 5) is 13.2. The van der Waals surface area contributed by atoms with Crippen LogP contribution < -0.4 is 5.32 Å². The van der Waals surface area contributed by atoms with Crippen LogP contribution in [-0.4, -0.2) is 140 Å². The van der Waals surface area contributed by atoms with Crippen molar-refractivity contribution >= 4 is 5.91 Å². The molecule has 0 aromatic carbocycles. The molecule has 1 amide bonds. The highest BCUT2D eigenvalue weighted by Crippen LogP contribution is 2.30. The van der Waals surface area contributed by atoms with Crippen LogP contribution >= 0.6 is 0 Å². The fraction of sp³-hybridized carbons (Fsp3) is 0.603. The van der Waals surface area contributed by atoms with Crippen LogP contribution in [0.15, 0.2) is 158 Å². The number of carbonyl (C=O) groups is 1. The van der Waals surface area contributed by atoms with Gasteiger partial charge >= 0.3 is 0 Å². The summed E-state index contributed by atoms with van der Waals surface area (Å²) < 4.78 is 22.7. The van der Waals surface area contributed by atoms with Gasteiger partial charge in [0, 0.05) is 6.42 Å². The predicted molar refractivity (Wildman–Crippen MR) is 331 cm³/mol. The van der Waals surface area contributed by atoms with Crippen LogP contribution in [0.2, 0.25) is 0 Å². The molecule has 0 bridgehead atoms. The summed E-state index contributed by atoms with van der Waals surface area (Å²) in [5.41, 5.74) is 0. The second-order valence-corrected chi connectivity index (χ2v) is 20.7. The van der Waals surface area contributed by atoms with Gasteiger partial charge < -0.3 is 65.1 Å². The largest absolute Gasteiger partial charge is 0.394 e. The van der Waals surface area contributed by atoms with Crippen LogP contribution in [0.5, 0.6) is 0 Å². The SMILES string of the molecule is CC/C=C\C/C=C\C/C=C\C/C=C\C/C=C\C/C=C\C/C=C\C/C=C\C/C=C\C/C=C\CCCCC(=O)NC(COC1OC(CO)C(OC2OC(CO)C(O)C(O)C2O)C(O)C1O)C(O)/C=C/CC/C=C/CC/C=C/CCCCCCC. The van der Waals surface area contributed by atoms with E-state index >= 15 is 0 Å². The molecule has 9 N–H and O–H groups in total. The molecule has 12 atom stereocenters. The van der Waals surface area contributed by atoms with Gasteiger partial charge in [-0.1, -0.05) is 198 Å². The second kappa shape index (κ2) is 51.1. The van der Waals surface area contributed by atoms with Crippen LogP contribution in [-0.2, 0) is 23.7 Å². The molecule has 14 heteroatoms. The van der Waals surface area contributed by atoms with Crippen molar-refractivity contribution in [2.75, 3.05) is 19.8 Å². The number of nitrogens with one attached hydrogen (secondary N) is 1. The summed E-state index contributed by atoms with van der Waals surface area (Å²) in [5.74, 6) is -0.304. The average Bonchev–Trinajstić information content (AvgIpc) is 3.60. The Hall–Kier alpha value is -4.39. The summed E-state index contributed by atoms with van der Waals surface area (Å²) >= 11 is 0. The maximum Gasteiger partial charge on any atom is 0.220 e. The number of ether oxygens (including phenoxy) is 4. The molecule has 0 radical (unpaired) electrons. The molecule has 2 rings (SSSR count). The van der Waals surface area contributed by atoms with E-state index in [0.29, 0.717) is 12.8 Å². The molecule has 0 aromatic rings. The van der Waals surface area contributed by atoms with E-state index in [1.54, 1.807) is 6.08 Å². The molecule has 0 aromatic heterocycles. The molecule has 2 aliphatic heterocycles. The molecule has 14 nitrogen and oxygen atoms in total. The van der Waals surface area contributed by atoms with E-state index in [4.69, 9.17) is 18.9 Å². The monoisotopic (exact) mass is 1150 g/mol. The zero-order valence-corrected chi connectivity index (χ0v) is 49.7. The molecule has 2 fully saturated rings. The Labute approximate surface area is 493 Å². The molecular weight excluding hydrogens is 1040 g/mol. The Morgan fingerprint density at radius 1 is 0.451 bits per heavy atom. The number of hydrogen-bond donors (Lipinski definition) is 9. The molecule has 462 valence electrons. The molecule has 0 saturated carbocycles. The third kappa shape index (κ3) is 35.7. The van der Waals surface area contributed by atoms with Crippen LogP contribution in [0.1, 0.15) is 168 Å². The highest BCUT2D eigenvalue weighted by molar-refractivity contribution is 5.76. The minimum atomic E-state index is -1.81. The summed E-state index contributed by atoms with van der Waals surface area (Å²) in [6, 6.07) is -0.974. The Bertz CT molecular complexity index is 1980. The van der Waals surface area contributed by atoms with Crippen molar-refractivity contribution in [3.63, 3.8) is 0 Å². The van der Waals surface area contributed by atoms with E-state index in [1.165, 1.54) is 32.1 Å². The Morgan fingerprint density at radius 2 is 0.854 bits per heavy atom. The quantitative estimate of drug-likeness (QED) is 0.0204. The first-order valence-electron chi connectivity index (χ1n) is 30.7. The topological polar surface area (TPSA) is 228 Å². The lowest BCUT2D eigenvalue weighted by molar-refractivity contribution is -0.359. The fourth-order valence-corrected chi connectivity index (χ4v) is 8.76. The molecule has 12 unspecified atom stereocenters. The lowest BCUT2D eigenvalue weighted by Gasteiger charge is -2.46. The Morgan fingerprint density at radius 3 is 1.33 bits per heavy atom. The summed E-state index contributed by atoms with van der Waals surface area (Å²) in [5, 5.41) is 87.0. The maximum atomic E-state index is 13.2. The van der Waals surface area contributed by atoms with E-state index in [-0.39, 0.29) is 18.9 Å². The van der Waals surface area contributed by atoms with Gasteiger partial charge in [-0.05, 0) is 122 Å². The number of aliphatic hydroxyl groups excluding tert-OH is 8. The van der Waals surface area contributed by atoms with E-state index in [2.05, 4.69) is 165 Å². The van der Waals surface area contributed by atoms with Gasteiger partial charge in [-0.15, -0.1) is 0 Å². The number of hydrogen-bond acceptors (Lipinski definition) is 13. The van der Waals surface area contributed by atoms with Crippen molar-refractivity contribution in [2.45, 2.75) is 242 Å². The molecule has 82 heavy (non-hydrogen) atoms. The van der Waals surface area contributed by atoms with Gasteiger partial charge in [0.05, 0.1) is 32.0 Å². The highest BCUT2D eigenvalue weighted by Gasteiger charge is 2.51. The second-order valence-electron chi connectivity index (χ2n) is 20.7. The van der Waals surface area contributed by atoms with Crippen molar-refractivity contribution in [1.82, 2.24) is 5.32 Å². The first-order valence-corrected chi connectivity index (χ1v) is 30.7. The zero-order valence-electron chi connectivity index (χ0n) is 49.7. The first kappa shape index (κ1) is 73.7. The minimum Gasteiger partial charge on any atom is -0.394 e. The van der Waals surface area contributed by atoms with Gasteiger partial charge in [-0.2, -0.15) is 0 Å². The number of unbranched alkanes of at least 4 members (excludes halogenated alkanes) is 9. The average molecular weight is 1150 g/mol. The van der Waals surface area contributed by atoms with E-state index in [0.717, 1.165) is 103 Å². The van der Waals surface area contributed by atoms with Crippen LogP contribution in [0.3, 0.4) is 0 Å².